The molecular weight excluding hydrogens is 240 g/mol. The van der Waals surface area contributed by atoms with Crippen molar-refractivity contribution in [3.63, 3.8) is 0 Å². The molecule has 0 bridgehead atoms. The fourth-order valence-corrected chi connectivity index (χ4v) is 2.76. The Labute approximate surface area is 114 Å². The van der Waals surface area contributed by atoms with E-state index in [0.717, 1.165) is 37.1 Å². The van der Waals surface area contributed by atoms with Crippen LogP contribution in [0.4, 0.5) is 5.69 Å². The molecule has 0 aliphatic carbocycles. The van der Waals surface area contributed by atoms with E-state index in [1.54, 1.807) is 0 Å². The van der Waals surface area contributed by atoms with Gasteiger partial charge in [0.05, 0.1) is 5.56 Å². The fourth-order valence-electron chi connectivity index (χ4n) is 2.76. The molecule has 4 nitrogen and oxygen atoms in total. The van der Waals surface area contributed by atoms with Gasteiger partial charge in [-0.1, -0.05) is 12.1 Å². The lowest BCUT2D eigenvalue weighted by molar-refractivity contribution is 0.0575. The normalized spacial score (nSPS) is 19.3. The largest absolute Gasteiger partial charge is 0.396 e. The first-order valence-corrected chi connectivity index (χ1v) is 6.96. The molecule has 0 aromatic heterocycles. The quantitative estimate of drug-likeness (QED) is 0.873. The van der Waals surface area contributed by atoms with E-state index in [4.69, 9.17) is 5.11 Å². The van der Waals surface area contributed by atoms with Gasteiger partial charge < -0.3 is 15.3 Å². The predicted octanol–water partition coefficient (Wildman–Crippen LogP) is 2.11. The van der Waals surface area contributed by atoms with Crippen LogP contribution in [0.25, 0.3) is 0 Å². The summed E-state index contributed by atoms with van der Waals surface area (Å²) in [6.45, 7) is 0.934. The maximum atomic E-state index is 12.7. The number of hydrogen-bond acceptors (Lipinski definition) is 3. The van der Waals surface area contributed by atoms with E-state index in [1.807, 2.05) is 36.2 Å². The Hall–Kier alpha value is -1.55. The van der Waals surface area contributed by atoms with Gasteiger partial charge in [0.25, 0.3) is 5.91 Å². The zero-order valence-corrected chi connectivity index (χ0v) is 11.4. The van der Waals surface area contributed by atoms with Crippen molar-refractivity contribution in [3.05, 3.63) is 29.8 Å². The Morgan fingerprint density at radius 1 is 1.42 bits per heavy atom. The molecule has 1 aromatic rings. The maximum absolute atomic E-state index is 12.7. The van der Waals surface area contributed by atoms with E-state index in [-0.39, 0.29) is 18.6 Å². The van der Waals surface area contributed by atoms with Gasteiger partial charge in [-0.25, -0.2) is 0 Å². The SMILES string of the molecule is CNc1ccccc1C(=O)N1CCCCC1CCO. The van der Waals surface area contributed by atoms with Gasteiger partial charge in [-0.05, 0) is 37.8 Å². The number of para-hydroxylation sites is 1. The van der Waals surface area contributed by atoms with E-state index in [2.05, 4.69) is 5.32 Å². The summed E-state index contributed by atoms with van der Waals surface area (Å²) in [7, 11) is 1.83. The molecule has 0 spiro atoms. The summed E-state index contributed by atoms with van der Waals surface area (Å²) < 4.78 is 0. The summed E-state index contributed by atoms with van der Waals surface area (Å²) in [4.78, 5) is 14.6. The third kappa shape index (κ3) is 3.07. The number of carbonyl (C=O) groups is 1. The van der Waals surface area contributed by atoms with E-state index < -0.39 is 0 Å². The summed E-state index contributed by atoms with van der Waals surface area (Å²) in [5.41, 5.74) is 1.58. The molecule has 1 atom stereocenters. The number of hydrogen-bond donors (Lipinski definition) is 2. The van der Waals surface area contributed by atoms with E-state index >= 15 is 0 Å². The van der Waals surface area contributed by atoms with Crippen molar-refractivity contribution >= 4 is 11.6 Å². The average molecular weight is 262 g/mol. The van der Waals surface area contributed by atoms with Crippen LogP contribution in [-0.4, -0.2) is 42.2 Å². The Kier molecular flexibility index (Phi) is 4.80. The smallest absolute Gasteiger partial charge is 0.256 e. The second-order valence-corrected chi connectivity index (χ2v) is 4.96. The lowest BCUT2D eigenvalue weighted by Gasteiger charge is -2.36. The molecular formula is C15H22N2O2. The highest BCUT2D eigenvalue weighted by Gasteiger charge is 2.27. The lowest BCUT2D eigenvalue weighted by Crippen LogP contribution is -2.44. The number of amides is 1. The Balaban J connectivity index is 2.21. The number of aliphatic hydroxyl groups excluding tert-OH is 1. The number of rotatable bonds is 4. The van der Waals surface area contributed by atoms with E-state index in [9.17, 15) is 4.79 Å². The molecule has 1 amide bonds. The average Bonchev–Trinajstić information content (AvgIpc) is 2.47. The number of anilines is 1. The van der Waals surface area contributed by atoms with E-state index in [1.165, 1.54) is 0 Å². The van der Waals surface area contributed by atoms with Crippen LogP contribution in [0.1, 0.15) is 36.0 Å². The van der Waals surface area contributed by atoms with E-state index in [0.29, 0.717) is 6.42 Å². The summed E-state index contributed by atoms with van der Waals surface area (Å²) in [5.74, 6) is 0.0723. The minimum Gasteiger partial charge on any atom is -0.396 e. The number of nitrogens with zero attached hydrogens (tertiary/aromatic N) is 1. The second kappa shape index (κ2) is 6.57. The second-order valence-electron chi connectivity index (χ2n) is 4.96. The molecule has 0 saturated carbocycles. The number of piperidine rings is 1. The van der Waals surface area contributed by atoms with Crippen molar-refractivity contribution in [1.82, 2.24) is 4.90 Å². The van der Waals surface area contributed by atoms with Gasteiger partial charge in [-0.15, -0.1) is 0 Å². The third-order valence-corrected chi connectivity index (χ3v) is 3.78. The zero-order chi connectivity index (χ0) is 13.7. The summed E-state index contributed by atoms with van der Waals surface area (Å²) >= 11 is 0. The molecule has 2 N–H and O–H groups in total. The topological polar surface area (TPSA) is 52.6 Å². The van der Waals surface area contributed by atoms with Crippen LogP contribution in [-0.2, 0) is 0 Å². The molecule has 1 unspecified atom stereocenters. The van der Waals surface area contributed by atoms with Crippen molar-refractivity contribution in [2.45, 2.75) is 31.7 Å². The van der Waals surface area contributed by atoms with Gasteiger partial charge >= 0.3 is 0 Å². The zero-order valence-electron chi connectivity index (χ0n) is 11.4. The van der Waals surface area contributed by atoms with Crippen molar-refractivity contribution in [3.8, 4) is 0 Å². The number of benzene rings is 1. The number of nitrogens with one attached hydrogen (secondary N) is 1. The van der Waals surface area contributed by atoms with Crippen LogP contribution in [0, 0.1) is 0 Å². The van der Waals surface area contributed by atoms with Gasteiger partial charge in [-0.2, -0.15) is 0 Å². The summed E-state index contributed by atoms with van der Waals surface area (Å²) in [5, 5.41) is 12.2. The minimum absolute atomic E-state index is 0.0723. The molecule has 1 aliphatic heterocycles. The van der Waals surface area contributed by atoms with Crippen molar-refractivity contribution < 1.29 is 9.90 Å². The Bertz CT molecular complexity index is 432. The number of carbonyl (C=O) groups excluding carboxylic acids is 1. The van der Waals surface area contributed by atoms with Crippen molar-refractivity contribution in [1.29, 1.82) is 0 Å². The van der Waals surface area contributed by atoms with Crippen LogP contribution in [0.5, 0.6) is 0 Å². The molecule has 1 saturated heterocycles. The molecule has 19 heavy (non-hydrogen) atoms. The highest BCUT2D eigenvalue weighted by molar-refractivity contribution is 5.99. The molecule has 1 fully saturated rings. The molecule has 2 rings (SSSR count). The van der Waals surface area contributed by atoms with Crippen molar-refractivity contribution in [2.75, 3.05) is 25.5 Å². The number of likely N-dealkylation sites (tertiary alicyclic amines) is 1. The summed E-state index contributed by atoms with van der Waals surface area (Å²) in [6, 6.07) is 7.76. The lowest BCUT2D eigenvalue weighted by atomic mass is 9.98. The van der Waals surface area contributed by atoms with Crippen LogP contribution in [0.2, 0.25) is 0 Å². The van der Waals surface area contributed by atoms with Crippen LogP contribution < -0.4 is 5.32 Å². The molecule has 104 valence electrons. The highest BCUT2D eigenvalue weighted by atomic mass is 16.3. The summed E-state index contributed by atoms with van der Waals surface area (Å²) in [6.07, 6.45) is 3.86. The van der Waals surface area contributed by atoms with Crippen molar-refractivity contribution in [2.24, 2.45) is 0 Å². The third-order valence-electron chi connectivity index (χ3n) is 3.78. The number of aliphatic hydroxyl groups is 1. The van der Waals surface area contributed by atoms with Crippen LogP contribution in [0.15, 0.2) is 24.3 Å². The first kappa shape index (κ1) is 13.9. The highest BCUT2D eigenvalue weighted by Crippen LogP contribution is 2.24. The Morgan fingerprint density at radius 2 is 2.21 bits per heavy atom. The standard InChI is InChI=1S/C15H22N2O2/c1-16-14-8-3-2-7-13(14)15(19)17-10-5-4-6-12(17)9-11-18/h2-3,7-8,12,16,18H,4-6,9-11H2,1H3. The first-order valence-electron chi connectivity index (χ1n) is 6.96. The van der Waals surface area contributed by atoms with Gasteiger partial charge in [0, 0.05) is 31.9 Å². The molecule has 4 heteroatoms. The maximum Gasteiger partial charge on any atom is 0.256 e. The predicted molar refractivity (Wildman–Crippen MR) is 76.4 cm³/mol. The monoisotopic (exact) mass is 262 g/mol. The molecule has 1 aliphatic rings. The Morgan fingerprint density at radius 3 is 2.95 bits per heavy atom. The van der Waals surface area contributed by atoms with Gasteiger partial charge in [-0.3, -0.25) is 4.79 Å². The first-order chi connectivity index (χ1) is 9.27. The van der Waals surface area contributed by atoms with Crippen LogP contribution in [0.3, 0.4) is 0 Å². The van der Waals surface area contributed by atoms with Gasteiger partial charge in [0.15, 0.2) is 0 Å². The van der Waals surface area contributed by atoms with Gasteiger partial charge in [0.2, 0.25) is 0 Å². The van der Waals surface area contributed by atoms with Gasteiger partial charge in [0.1, 0.15) is 0 Å². The molecule has 0 radical (unpaired) electrons. The fraction of sp³-hybridized carbons (Fsp3) is 0.533. The minimum atomic E-state index is 0.0723. The van der Waals surface area contributed by atoms with Crippen LogP contribution >= 0.6 is 0 Å². The molecule has 1 aromatic carbocycles. The molecule has 1 heterocycles.